The number of hydrogen-bond acceptors (Lipinski definition) is 25. The summed E-state index contributed by atoms with van der Waals surface area (Å²) < 4.78 is 154. The maximum atomic E-state index is 16.8. The lowest BCUT2D eigenvalue weighted by atomic mass is 9.84. The molecule has 5 fully saturated rings. The van der Waals surface area contributed by atoms with Gasteiger partial charge in [-0.05, 0) is 183 Å². The van der Waals surface area contributed by atoms with E-state index in [1.54, 1.807) is 146 Å². The Balaban J connectivity index is 0.000000170. The lowest BCUT2D eigenvalue weighted by Crippen LogP contribution is -2.57. The van der Waals surface area contributed by atoms with Crippen LogP contribution >= 0.6 is 0 Å². The number of carbonyl (C=O) groups is 9. The van der Waals surface area contributed by atoms with Gasteiger partial charge in [0.05, 0.1) is 136 Å². The molecule has 2 N–H and O–H groups in total. The molecule has 9 aliphatic rings. The van der Waals surface area contributed by atoms with Gasteiger partial charge in [0.1, 0.15) is 74.5 Å². The van der Waals surface area contributed by atoms with Crippen molar-refractivity contribution in [3.8, 4) is 34.5 Å². The van der Waals surface area contributed by atoms with Gasteiger partial charge in [0.2, 0.25) is 21.8 Å². The van der Waals surface area contributed by atoms with E-state index in [1.807, 2.05) is 6.08 Å². The lowest BCUT2D eigenvalue weighted by Gasteiger charge is -2.40. The largest absolute Gasteiger partial charge is 0.497 e. The van der Waals surface area contributed by atoms with Crippen molar-refractivity contribution in [2.45, 2.75) is 260 Å². The zero-order valence-electron chi connectivity index (χ0n) is 73.1. The highest BCUT2D eigenvalue weighted by Crippen LogP contribution is 2.58. The van der Waals surface area contributed by atoms with Crippen LogP contribution < -0.4 is 38.5 Å². The van der Waals surface area contributed by atoms with Gasteiger partial charge < -0.3 is 62.3 Å². The summed E-state index contributed by atoms with van der Waals surface area (Å²) in [6.07, 6.45) is 3.71. The van der Waals surface area contributed by atoms with Gasteiger partial charge in [-0.25, -0.2) is 60.1 Å². The molecule has 10 heterocycles. The minimum Gasteiger partial charge on any atom is -0.497 e. The number of hydrogen-bond donors (Lipinski definition) is 2. The van der Waals surface area contributed by atoms with E-state index in [0.29, 0.717) is 88.3 Å². The monoisotopic (exact) mass is 1750 g/mol. The number of benzene rings is 3. The topological polar surface area (TPSA) is 362 Å². The number of sulfonamides is 1. The van der Waals surface area contributed by atoms with Crippen molar-refractivity contribution in [2.75, 3.05) is 55.2 Å². The molecule has 0 unspecified atom stereocenters. The number of methoxy groups -OCH3 is 5. The van der Waals surface area contributed by atoms with Gasteiger partial charge in [-0.3, -0.25) is 38.5 Å². The van der Waals surface area contributed by atoms with Crippen molar-refractivity contribution in [1.82, 2.24) is 39.7 Å². The fraction of sp³-hybridized carbons (Fsp3) is 0.573. The summed E-state index contributed by atoms with van der Waals surface area (Å²) in [7, 11) is 2.80. The average Bonchev–Trinajstić information content (AvgIpc) is 1.44. The maximum Gasteiger partial charge on any atom is 0.411 e. The van der Waals surface area contributed by atoms with E-state index in [1.165, 1.54) is 50.4 Å². The summed E-state index contributed by atoms with van der Waals surface area (Å²) in [6, 6.07) is 11.4. The van der Waals surface area contributed by atoms with E-state index < -0.39 is 163 Å². The van der Waals surface area contributed by atoms with Crippen LogP contribution in [0.15, 0.2) is 66.7 Å². The first-order chi connectivity index (χ1) is 57.9. The first-order valence-electron chi connectivity index (χ1n) is 41.4. The minimum atomic E-state index is -4.08. The van der Waals surface area contributed by atoms with E-state index >= 15 is 17.6 Å². The second-order valence-corrected chi connectivity index (χ2v) is 39.4. The molecule has 15 rings (SSSR count). The van der Waals surface area contributed by atoms with Gasteiger partial charge in [-0.1, -0.05) is 25.0 Å². The van der Waals surface area contributed by atoms with Crippen LogP contribution in [-0.2, 0) is 74.3 Å². The number of aromatic nitrogens is 3. The van der Waals surface area contributed by atoms with Crippen LogP contribution in [-0.4, -0.2) is 209 Å². The fourth-order valence-corrected chi connectivity index (χ4v) is 19.2. The number of ether oxygens (including phenoxy) is 11. The van der Waals surface area contributed by atoms with E-state index in [-0.39, 0.29) is 109 Å². The Hall–Kier alpha value is -10.9. The third-order valence-corrected chi connectivity index (χ3v) is 26.2. The summed E-state index contributed by atoms with van der Waals surface area (Å²) >= 11 is 0. The molecule has 3 aromatic carbocycles. The van der Waals surface area contributed by atoms with Gasteiger partial charge in [-0.2, -0.15) is 0 Å². The van der Waals surface area contributed by atoms with Crippen LogP contribution in [0, 0.1) is 32.6 Å². The molecule has 2 saturated carbocycles. The van der Waals surface area contributed by atoms with Crippen molar-refractivity contribution in [3.63, 3.8) is 0 Å². The number of nitrogens with one attached hydrogen (secondary N) is 2. The molecule has 6 aromatic rings. The molecular formula is C89H108F4N8O22S. The molecule has 30 nitrogen and oxygen atoms in total. The standard InChI is InChI=1S/C41H52F2N4O9S.C24H28F2N2O6.C24H28N2O7/c1-24-33-32(28-19-27(54-6)14-15-29(28)44-24)41(42,43)22-39(56-33)21-30-34(49)45-40(36(51)46-57(52,53)38(5)16-17-38)20-26(40)13-11-9-7-8-10-12-25(35(50)47(30)23-39)18-31(48)55-37(2,3)4;1-13-19-18(15-9-14(31-5)7-8-16(15)27-13)24(25,26)11-23(33-19)10-17(20(29)32-6)28(12-23)21(30)34-22(2,3)4;1-13-20-19(15-9-14(30-5)7-8-16(15)25-13)18(27)11-24(32-20)10-17(21(28)31-6)26(12-24)22(29)33-23(2,3)4/h11,13-15,19,25-26,30H,7-10,12,16-18,20-23H2,1-6H3,(H,45,49)(H,46,51);7-9,17H,10-12H2,1-6H3;7-9,17H,10-12H2,1-6H3/b13-11-;;/t25-,26-,30+,39+,40-;17-,23-;17-,24-/m100/s1. The summed E-state index contributed by atoms with van der Waals surface area (Å²) in [5.74, 6) is -11.2. The Kier molecular flexibility index (Phi) is 24.1. The number of aryl methyl sites for hydroxylation is 3. The molecule has 2 aliphatic carbocycles. The molecule has 0 bridgehead atoms. The van der Waals surface area contributed by atoms with Gasteiger partial charge in [-0.15, -0.1) is 0 Å². The summed E-state index contributed by atoms with van der Waals surface area (Å²) in [4.78, 5) is 138. The third kappa shape index (κ3) is 18.2. The number of nitrogens with zero attached hydrogens (tertiary/aromatic N) is 6. The average molecular weight is 1750 g/mol. The number of pyridine rings is 3. The van der Waals surface area contributed by atoms with E-state index in [9.17, 15) is 51.6 Å². The number of likely N-dealkylation sites (tertiary alicyclic amines) is 2. The molecular weight excluding hydrogens is 1640 g/mol. The number of esters is 3. The predicted octanol–water partition coefficient (Wildman–Crippen LogP) is 13.3. The van der Waals surface area contributed by atoms with Crippen LogP contribution in [0.1, 0.15) is 204 Å². The number of rotatable bonds is 10. The Bertz CT molecular complexity index is 5490. The second kappa shape index (κ2) is 32.9. The Morgan fingerprint density at radius 2 is 1.03 bits per heavy atom. The van der Waals surface area contributed by atoms with Crippen LogP contribution in [0.25, 0.3) is 32.7 Å². The minimum absolute atomic E-state index is 0.00253. The molecule has 35 heteroatoms. The molecule has 3 aromatic heterocycles. The number of allylic oxidation sites excluding steroid dienone is 1. The highest BCUT2D eigenvalue weighted by molar-refractivity contribution is 7.91. The van der Waals surface area contributed by atoms with Crippen LogP contribution in [0.5, 0.6) is 34.5 Å². The number of halogens is 4. The van der Waals surface area contributed by atoms with Gasteiger partial charge in [0.15, 0.2) is 23.0 Å². The Labute approximate surface area is 716 Å². The summed E-state index contributed by atoms with van der Waals surface area (Å²) in [6.45, 7) is 21.2. The van der Waals surface area contributed by atoms with Crippen LogP contribution in [0.2, 0.25) is 0 Å². The maximum absolute atomic E-state index is 16.8. The predicted molar refractivity (Wildman–Crippen MR) is 442 cm³/mol. The zero-order chi connectivity index (χ0) is 90.5. The van der Waals surface area contributed by atoms with Gasteiger partial charge in [0, 0.05) is 47.3 Å². The van der Waals surface area contributed by atoms with Crippen molar-refractivity contribution in [2.24, 2.45) is 11.8 Å². The van der Waals surface area contributed by atoms with Gasteiger partial charge >= 0.3 is 30.1 Å². The number of Topliss-reactive ketones (excluding diaryl/α,β-unsaturated/α-hetero) is 1. The SMILES string of the molecule is COC(=O)[C@@H]1C[C@@]2(CN1C(=O)OC(C)(C)C)CC(F)(F)c1c(c(C)nc3ccc(OC)cc13)O2.COC(=O)[C@@H]1C[C@]2(CC(=O)c3c(c(C)nc4ccc(OC)cc34)O2)CN1C(=O)OC(C)(C)C.COc1ccc2nc(C)c3c(c2c1)C(F)(F)C[C@]1(C[C@H]2C(=O)N[C@]4(C(=O)NS(=O)(=O)C5(C)CC5)C[C@H]4/C=C\CCCCC[C@H](CC(=O)OC(C)(C)C)C(=O)N2C1)O3. The Morgan fingerprint density at radius 3 is 1.51 bits per heavy atom. The van der Waals surface area contributed by atoms with Crippen molar-refractivity contribution < 1.29 is 121 Å². The molecule has 670 valence electrons. The van der Waals surface area contributed by atoms with E-state index in [0.717, 1.165) is 11.3 Å². The van der Waals surface area contributed by atoms with Crippen molar-refractivity contribution in [1.29, 1.82) is 0 Å². The molecule has 3 saturated heterocycles. The number of carbonyl (C=O) groups excluding carboxylic acids is 9. The summed E-state index contributed by atoms with van der Waals surface area (Å²) in [5, 5.41) is 3.81. The highest BCUT2D eigenvalue weighted by atomic mass is 32.2. The van der Waals surface area contributed by atoms with E-state index in [4.69, 9.17) is 52.1 Å². The van der Waals surface area contributed by atoms with Crippen LogP contribution in [0.4, 0.5) is 27.2 Å². The second-order valence-electron chi connectivity index (χ2n) is 37.2. The number of ketones is 1. The lowest BCUT2D eigenvalue weighted by molar-refractivity contribution is -0.159. The quantitative estimate of drug-likeness (QED) is 0.0557. The normalized spacial score (nSPS) is 26.1. The highest BCUT2D eigenvalue weighted by Gasteiger charge is 2.67. The van der Waals surface area contributed by atoms with Gasteiger partial charge in [0.25, 0.3) is 17.8 Å². The molecule has 0 radical (unpaired) electrons. The Morgan fingerprint density at radius 1 is 0.581 bits per heavy atom. The molecule has 5 amide bonds. The number of alkyl halides is 4. The first kappa shape index (κ1) is 90.8. The number of amides is 5. The molecule has 9 atom stereocenters. The van der Waals surface area contributed by atoms with Crippen molar-refractivity contribution in [3.05, 3.63) is 101 Å². The third-order valence-electron chi connectivity index (χ3n) is 24.0. The molecule has 7 aliphatic heterocycles. The van der Waals surface area contributed by atoms with E-state index in [2.05, 4.69) is 25.0 Å². The van der Waals surface area contributed by atoms with Crippen molar-refractivity contribution >= 4 is 96.3 Å². The van der Waals surface area contributed by atoms with Crippen LogP contribution in [0.3, 0.4) is 0 Å². The first-order valence-corrected chi connectivity index (χ1v) is 42.9. The molecule has 124 heavy (non-hydrogen) atoms. The fourth-order valence-electron chi connectivity index (χ4n) is 17.8. The number of fused-ring (bicyclic) bond motifs is 11. The zero-order valence-corrected chi connectivity index (χ0v) is 73.9. The summed E-state index contributed by atoms with van der Waals surface area (Å²) in [5.41, 5.74) is -6.26. The smallest absolute Gasteiger partial charge is 0.411 e. The molecule has 3 spiro atoms.